The van der Waals surface area contributed by atoms with Crippen molar-refractivity contribution in [3.63, 3.8) is 0 Å². The molecular weight excluding hydrogens is 228 g/mol. The topological polar surface area (TPSA) is 46.5 Å². The van der Waals surface area contributed by atoms with Crippen LogP contribution in [0.2, 0.25) is 0 Å². The Morgan fingerprint density at radius 3 is 2.94 bits per heavy atom. The molecule has 0 saturated carbocycles. The molecule has 2 rings (SSSR count). The predicted octanol–water partition coefficient (Wildman–Crippen LogP) is 2.75. The molecule has 3 unspecified atom stereocenters. The molecule has 0 radical (unpaired) electrons. The molecule has 1 heterocycles. The maximum atomic E-state index is 11.5. The van der Waals surface area contributed by atoms with Crippen LogP contribution in [0.4, 0.5) is 0 Å². The number of hydrogen-bond donors (Lipinski definition) is 1. The predicted molar refractivity (Wildman–Crippen MR) is 70.0 cm³/mol. The van der Waals surface area contributed by atoms with Crippen LogP contribution in [0.25, 0.3) is 0 Å². The summed E-state index contributed by atoms with van der Waals surface area (Å²) in [5.74, 6) is -0.0315. The van der Waals surface area contributed by atoms with Crippen LogP contribution >= 0.6 is 0 Å². The van der Waals surface area contributed by atoms with Gasteiger partial charge in [0.2, 0.25) is 0 Å². The summed E-state index contributed by atoms with van der Waals surface area (Å²) in [5.41, 5.74) is 3.39. The number of rotatable bonds is 3. The van der Waals surface area contributed by atoms with E-state index in [1.54, 1.807) is 0 Å². The van der Waals surface area contributed by atoms with E-state index in [-0.39, 0.29) is 24.1 Å². The summed E-state index contributed by atoms with van der Waals surface area (Å²) in [6, 6.07) is 0. The Labute approximate surface area is 109 Å². The Bertz CT molecular complexity index is 393. The van der Waals surface area contributed by atoms with E-state index in [9.17, 15) is 9.90 Å². The fraction of sp³-hybridized carbons (Fsp3) is 0.667. The summed E-state index contributed by atoms with van der Waals surface area (Å²) in [6.45, 7) is 7.82. The van der Waals surface area contributed by atoms with Crippen molar-refractivity contribution in [2.24, 2.45) is 5.92 Å². The van der Waals surface area contributed by atoms with Crippen molar-refractivity contribution >= 4 is 5.97 Å². The maximum Gasteiger partial charge on any atom is 0.334 e. The molecule has 0 spiro atoms. The average molecular weight is 250 g/mol. The molecule has 2 aliphatic rings. The van der Waals surface area contributed by atoms with E-state index in [1.807, 2.05) is 6.92 Å². The zero-order chi connectivity index (χ0) is 13.3. The number of fused-ring (bicyclic) bond motifs is 1. The lowest BCUT2D eigenvalue weighted by Gasteiger charge is -2.16. The molecule has 0 amide bonds. The lowest BCUT2D eigenvalue weighted by molar-refractivity contribution is -0.139. The van der Waals surface area contributed by atoms with Crippen LogP contribution in [0.1, 0.15) is 46.0 Å². The fourth-order valence-corrected chi connectivity index (χ4v) is 2.88. The van der Waals surface area contributed by atoms with Gasteiger partial charge in [0.1, 0.15) is 6.10 Å². The number of allylic oxidation sites excluding steroid dienone is 1. The van der Waals surface area contributed by atoms with Crippen LogP contribution in [-0.2, 0) is 9.53 Å². The quantitative estimate of drug-likeness (QED) is 0.476. The van der Waals surface area contributed by atoms with Crippen molar-refractivity contribution in [2.45, 2.75) is 58.2 Å². The van der Waals surface area contributed by atoms with Gasteiger partial charge < -0.3 is 9.84 Å². The first kappa shape index (κ1) is 13.3. The van der Waals surface area contributed by atoms with Gasteiger partial charge in [0.05, 0.1) is 6.10 Å². The molecule has 1 N–H and O–H groups in total. The lowest BCUT2D eigenvalue weighted by atomic mass is 9.91. The normalized spacial score (nSPS) is 29.9. The third-order valence-corrected chi connectivity index (χ3v) is 4.16. The third-order valence-electron chi connectivity index (χ3n) is 4.16. The van der Waals surface area contributed by atoms with Crippen molar-refractivity contribution in [1.82, 2.24) is 0 Å². The van der Waals surface area contributed by atoms with E-state index in [0.29, 0.717) is 5.57 Å². The molecule has 0 aromatic heterocycles. The highest BCUT2D eigenvalue weighted by Gasteiger charge is 2.39. The molecule has 1 aliphatic heterocycles. The largest absolute Gasteiger partial charge is 0.458 e. The minimum absolute atomic E-state index is 0.0218. The van der Waals surface area contributed by atoms with Crippen LogP contribution < -0.4 is 0 Å². The van der Waals surface area contributed by atoms with Gasteiger partial charge in [-0.2, -0.15) is 0 Å². The molecule has 0 bridgehead atoms. The Morgan fingerprint density at radius 2 is 2.28 bits per heavy atom. The monoisotopic (exact) mass is 250 g/mol. The van der Waals surface area contributed by atoms with Gasteiger partial charge in [-0.25, -0.2) is 4.79 Å². The standard InChI is InChI=1S/C15H22O3/c1-9-4-7-13-11(3)15(17)18-14(13)8-12(9)6-5-10(2)16/h10,13-14,16H,3-8H2,1-2H3. The molecule has 1 fully saturated rings. The summed E-state index contributed by atoms with van der Waals surface area (Å²) in [4.78, 5) is 11.5. The summed E-state index contributed by atoms with van der Waals surface area (Å²) < 4.78 is 5.41. The fourth-order valence-electron chi connectivity index (χ4n) is 2.88. The van der Waals surface area contributed by atoms with Crippen molar-refractivity contribution in [3.8, 4) is 0 Å². The highest BCUT2D eigenvalue weighted by Crippen LogP contribution is 2.39. The Morgan fingerprint density at radius 1 is 1.56 bits per heavy atom. The summed E-state index contributed by atoms with van der Waals surface area (Å²) in [7, 11) is 0. The molecule has 1 saturated heterocycles. The van der Waals surface area contributed by atoms with Crippen molar-refractivity contribution in [3.05, 3.63) is 23.3 Å². The number of aliphatic hydroxyl groups excluding tert-OH is 1. The van der Waals surface area contributed by atoms with E-state index in [0.717, 1.165) is 32.1 Å². The highest BCUT2D eigenvalue weighted by molar-refractivity contribution is 5.90. The van der Waals surface area contributed by atoms with Crippen molar-refractivity contribution < 1.29 is 14.6 Å². The molecule has 18 heavy (non-hydrogen) atoms. The van der Waals surface area contributed by atoms with Gasteiger partial charge in [-0.15, -0.1) is 0 Å². The van der Waals surface area contributed by atoms with Crippen LogP contribution in [0, 0.1) is 5.92 Å². The maximum absolute atomic E-state index is 11.5. The van der Waals surface area contributed by atoms with Gasteiger partial charge in [0.25, 0.3) is 0 Å². The van der Waals surface area contributed by atoms with E-state index >= 15 is 0 Å². The van der Waals surface area contributed by atoms with Crippen LogP contribution in [-0.4, -0.2) is 23.3 Å². The van der Waals surface area contributed by atoms with Gasteiger partial charge in [-0.05, 0) is 39.5 Å². The zero-order valence-electron chi connectivity index (χ0n) is 11.2. The number of hydrogen-bond acceptors (Lipinski definition) is 3. The second-order valence-corrected chi connectivity index (χ2v) is 5.59. The van der Waals surface area contributed by atoms with Gasteiger partial charge in [0, 0.05) is 17.9 Å². The lowest BCUT2D eigenvalue weighted by Crippen LogP contribution is -2.16. The van der Waals surface area contributed by atoms with E-state index in [1.165, 1.54) is 11.1 Å². The molecule has 3 nitrogen and oxygen atoms in total. The molecule has 100 valence electrons. The average Bonchev–Trinajstić information content (AvgIpc) is 2.47. The smallest absolute Gasteiger partial charge is 0.334 e. The zero-order valence-corrected chi connectivity index (χ0v) is 11.2. The highest BCUT2D eigenvalue weighted by atomic mass is 16.6. The summed E-state index contributed by atoms with van der Waals surface area (Å²) >= 11 is 0. The number of carbonyl (C=O) groups excluding carboxylic acids is 1. The Hall–Kier alpha value is -1.09. The van der Waals surface area contributed by atoms with E-state index in [4.69, 9.17) is 4.74 Å². The molecule has 0 aromatic carbocycles. The summed E-state index contributed by atoms with van der Waals surface area (Å²) in [5, 5.41) is 9.39. The van der Waals surface area contributed by atoms with Crippen LogP contribution in [0.3, 0.4) is 0 Å². The third kappa shape index (κ3) is 2.66. The van der Waals surface area contributed by atoms with Gasteiger partial charge in [-0.3, -0.25) is 0 Å². The van der Waals surface area contributed by atoms with Crippen molar-refractivity contribution in [2.75, 3.05) is 0 Å². The first-order chi connectivity index (χ1) is 8.49. The van der Waals surface area contributed by atoms with Crippen molar-refractivity contribution in [1.29, 1.82) is 0 Å². The van der Waals surface area contributed by atoms with E-state index in [2.05, 4.69) is 13.5 Å². The second-order valence-electron chi connectivity index (χ2n) is 5.59. The number of carbonyl (C=O) groups is 1. The molecule has 3 heteroatoms. The van der Waals surface area contributed by atoms with Crippen LogP contribution in [0.15, 0.2) is 23.3 Å². The second kappa shape index (κ2) is 5.27. The number of ether oxygens (including phenoxy) is 1. The Balaban J connectivity index is 2.08. The number of esters is 1. The first-order valence-electron chi connectivity index (χ1n) is 6.74. The first-order valence-corrected chi connectivity index (χ1v) is 6.74. The van der Waals surface area contributed by atoms with Gasteiger partial charge in [0.15, 0.2) is 0 Å². The molecule has 0 aromatic rings. The minimum atomic E-state index is -0.273. The Kier molecular flexibility index (Phi) is 3.91. The van der Waals surface area contributed by atoms with Gasteiger partial charge in [-0.1, -0.05) is 17.7 Å². The molecule has 1 aliphatic carbocycles. The molecular formula is C15H22O3. The minimum Gasteiger partial charge on any atom is -0.458 e. The number of aliphatic hydroxyl groups is 1. The van der Waals surface area contributed by atoms with E-state index < -0.39 is 0 Å². The summed E-state index contributed by atoms with van der Waals surface area (Å²) in [6.07, 6.45) is 4.16. The SMILES string of the molecule is C=C1C(=O)OC2CC(CCC(C)O)=C(C)CCC12. The molecule has 3 atom stereocenters. The van der Waals surface area contributed by atoms with Crippen LogP contribution in [0.5, 0.6) is 0 Å². The van der Waals surface area contributed by atoms with Gasteiger partial charge >= 0.3 is 5.97 Å².